The van der Waals surface area contributed by atoms with Crippen molar-refractivity contribution in [2.75, 3.05) is 0 Å². The highest BCUT2D eigenvalue weighted by Gasteiger charge is 2.18. The van der Waals surface area contributed by atoms with Gasteiger partial charge in [0.15, 0.2) is 0 Å². The van der Waals surface area contributed by atoms with E-state index in [1.807, 2.05) is 0 Å². The Morgan fingerprint density at radius 2 is 2.29 bits per heavy atom. The Labute approximate surface area is 88.8 Å². The number of aryl methyl sites for hydroxylation is 1. The lowest BCUT2D eigenvalue weighted by molar-refractivity contribution is -0.141. The molecule has 0 aliphatic heterocycles. The van der Waals surface area contributed by atoms with Gasteiger partial charge in [0, 0.05) is 7.05 Å². The lowest BCUT2D eigenvalue weighted by atomic mass is 10.0. The number of hydrogen-bond donors (Lipinski definition) is 2. The van der Waals surface area contributed by atoms with E-state index in [4.69, 9.17) is 5.11 Å². The monoisotopic (exact) mass is 262 g/mol. The third-order valence-electron chi connectivity index (χ3n) is 2.02. The summed E-state index contributed by atoms with van der Waals surface area (Å²) in [4.78, 5) is 21.9. The fraction of sp³-hybridized carbons (Fsp3) is 0.500. The van der Waals surface area contributed by atoms with Crippen LogP contribution in [0.5, 0.6) is 0 Å². The summed E-state index contributed by atoms with van der Waals surface area (Å²) in [5.41, 5.74) is 0.231. The number of aliphatic carboxylic acids is 1. The standard InChI is InChI=1S/C8H11BrN2O3/c1-4(8(13)14)3-5-6(9)11(2)10-7(5)12/h4H,3H2,1-2H3,(H,10,12)(H,13,14). The minimum absolute atomic E-state index is 0.228. The topological polar surface area (TPSA) is 75.1 Å². The van der Waals surface area contributed by atoms with Crippen LogP contribution in [-0.2, 0) is 18.3 Å². The number of halogens is 1. The first-order valence-electron chi connectivity index (χ1n) is 4.09. The van der Waals surface area contributed by atoms with E-state index in [1.54, 1.807) is 14.0 Å². The van der Waals surface area contributed by atoms with Gasteiger partial charge < -0.3 is 5.11 Å². The van der Waals surface area contributed by atoms with Gasteiger partial charge in [0.05, 0.1) is 11.5 Å². The zero-order valence-electron chi connectivity index (χ0n) is 7.87. The molecule has 1 aromatic rings. The summed E-state index contributed by atoms with van der Waals surface area (Å²) in [7, 11) is 1.68. The maximum absolute atomic E-state index is 11.3. The van der Waals surface area contributed by atoms with Crippen LogP contribution in [0.15, 0.2) is 9.40 Å². The lowest BCUT2D eigenvalue weighted by Gasteiger charge is -2.03. The van der Waals surface area contributed by atoms with Crippen molar-refractivity contribution < 1.29 is 9.90 Å². The van der Waals surface area contributed by atoms with E-state index in [2.05, 4.69) is 21.0 Å². The van der Waals surface area contributed by atoms with Gasteiger partial charge in [-0.3, -0.25) is 19.4 Å². The van der Waals surface area contributed by atoms with Crippen molar-refractivity contribution in [2.45, 2.75) is 13.3 Å². The number of carboxylic acid groups (broad SMARTS) is 1. The van der Waals surface area contributed by atoms with Crippen molar-refractivity contribution in [3.8, 4) is 0 Å². The molecular weight excluding hydrogens is 252 g/mol. The molecule has 5 nitrogen and oxygen atoms in total. The first kappa shape index (κ1) is 11.0. The minimum Gasteiger partial charge on any atom is -0.481 e. The van der Waals surface area contributed by atoms with Crippen LogP contribution in [0.25, 0.3) is 0 Å². The number of carboxylic acids is 1. The molecule has 0 saturated carbocycles. The highest BCUT2D eigenvalue weighted by atomic mass is 79.9. The molecule has 1 rings (SSSR count). The molecular formula is C8H11BrN2O3. The molecule has 0 aliphatic rings. The van der Waals surface area contributed by atoms with Crippen molar-refractivity contribution in [3.05, 3.63) is 20.5 Å². The number of carbonyl (C=O) groups is 1. The summed E-state index contributed by atoms with van der Waals surface area (Å²) in [6.07, 6.45) is 0.228. The maximum Gasteiger partial charge on any atom is 0.306 e. The van der Waals surface area contributed by atoms with Crippen LogP contribution in [-0.4, -0.2) is 20.9 Å². The van der Waals surface area contributed by atoms with Crippen LogP contribution in [0.3, 0.4) is 0 Å². The Kier molecular flexibility index (Phi) is 3.15. The average molecular weight is 263 g/mol. The molecule has 0 radical (unpaired) electrons. The number of hydrogen-bond acceptors (Lipinski definition) is 2. The minimum atomic E-state index is -0.903. The molecule has 0 aliphatic carbocycles. The number of nitrogens with one attached hydrogen (secondary N) is 1. The largest absolute Gasteiger partial charge is 0.481 e. The third kappa shape index (κ3) is 2.06. The van der Waals surface area contributed by atoms with Crippen molar-refractivity contribution in [1.29, 1.82) is 0 Å². The quantitative estimate of drug-likeness (QED) is 0.844. The van der Waals surface area contributed by atoms with E-state index in [0.29, 0.717) is 10.2 Å². The van der Waals surface area contributed by atoms with Crippen LogP contribution in [0.2, 0.25) is 0 Å². The molecule has 1 heterocycles. The van der Waals surface area contributed by atoms with E-state index in [-0.39, 0.29) is 12.0 Å². The summed E-state index contributed by atoms with van der Waals surface area (Å²) in [6, 6.07) is 0. The fourth-order valence-corrected chi connectivity index (χ4v) is 1.57. The van der Waals surface area contributed by atoms with Gasteiger partial charge in [0.25, 0.3) is 5.56 Å². The molecule has 0 amide bonds. The number of aromatic nitrogens is 2. The SMILES string of the molecule is CC(Cc1c(Br)n(C)[nH]c1=O)C(=O)O. The molecule has 1 aromatic heterocycles. The maximum atomic E-state index is 11.3. The second-order valence-corrected chi connectivity index (χ2v) is 3.96. The molecule has 1 unspecified atom stereocenters. The van der Waals surface area contributed by atoms with E-state index in [0.717, 1.165) is 0 Å². The second kappa shape index (κ2) is 4.00. The molecule has 0 spiro atoms. The van der Waals surface area contributed by atoms with Crippen LogP contribution >= 0.6 is 15.9 Å². The Bertz CT molecular complexity index is 407. The van der Waals surface area contributed by atoms with Crippen LogP contribution in [0, 0.1) is 5.92 Å². The molecule has 0 saturated heterocycles. The third-order valence-corrected chi connectivity index (χ3v) is 3.03. The van der Waals surface area contributed by atoms with Crippen molar-refractivity contribution >= 4 is 21.9 Å². The van der Waals surface area contributed by atoms with Gasteiger partial charge in [-0.15, -0.1) is 0 Å². The number of H-pyrrole nitrogens is 1. The number of rotatable bonds is 3. The zero-order chi connectivity index (χ0) is 10.9. The molecule has 0 aromatic carbocycles. The molecule has 0 bridgehead atoms. The first-order chi connectivity index (χ1) is 6.43. The molecule has 6 heteroatoms. The molecule has 2 N–H and O–H groups in total. The Balaban J connectivity index is 2.97. The Morgan fingerprint density at radius 1 is 1.71 bits per heavy atom. The summed E-state index contributed by atoms with van der Waals surface area (Å²) in [6.45, 7) is 1.57. The van der Waals surface area contributed by atoms with Gasteiger partial charge in [-0.25, -0.2) is 0 Å². The van der Waals surface area contributed by atoms with Gasteiger partial charge in [0.2, 0.25) is 0 Å². The predicted molar refractivity (Wildman–Crippen MR) is 54.2 cm³/mol. The smallest absolute Gasteiger partial charge is 0.306 e. The zero-order valence-corrected chi connectivity index (χ0v) is 9.46. The molecule has 14 heavy (non-hydrogen) atoms. The van der Waals surface area contributed by atoms with Gasteiger partial charge in [0.1, 0.15) is 4.60 Å². The Hall–Kier alpha value is -1.04. The van der Waals surface area contributed by atoms with Crippen LogP contribution in [0.1, 0.15) is 12.5 Å². The van der Waals surface area contributed by atoms with Gasteiger partial charge in [-0.2, -0.15) is 0 Å². The van der Waals surface area contributed by atoms with Gasteiger partial charge >= 0.3 is 5.97 Å². The van der Waals surface area contributed by atoms with Crippen LogP contribution < -0.4 is 5.56 Å². The highest BCUT2D eigenvalue weighted by molar-refractivity contribution is 9.10. The van der Waals surface area contributed by atoms with Crippen LogP contribution in [0.4, 0.5) is 0 Å². The van der Waals surface area contributed by atoms with E-state index >= 15 is 0 Å². The van der Waals surface area contributed by atoms with Crippen molar-refractivity contribution in [1.82, 2.24) is 9.78 Å². The predicted octanol–water partition coefficient (Wildman–Crippen LogP) is 0.739. The normalized spacial score (nSPS) is 12.8. The van der Waals surface area contributed by atoms with Gasteiger partial charge in [-0.1, -0.05) is 6.92 Å². The number of nitrogens with zero attached hydrogens (tertiary/aromatic N) is 1. The van der Waals surface area contributed by atoms with E-state index in [9.17, 15) is 9.59 Å². The summed E-state index contributed by atoms with van der Waals surface area (Å²) in [5, 5.41) is 11.2. The highest BCUT2D eigenvalue weighted by Crippen LogP contribution is 2.15. The molecule has 0 fully saturated rings. The van der Waals surface area contributed by atoms with Crippen molar-refractivity contribution in [3.63, 3.8) is 0 Å². The fourth-order valence-electron chi connectivity index (χ4n) is 1.14. The lowest BCUT2D eigenvalue weighted by Crippen LogP contribution is -2.16. The summed E-state index contributed by atoms with van der Waals surface area (Å²) < 4.78 is 2.13. The van der Waals surface area contributed by atoms with Gasteiger partial charge in [-0.05, 0) is 22.4 Å². The Morgan fingerprint density at radius 3 is 2.64 bits per heavy atom. The van der Waals surface area contributed by atoms with E-state index in [1.165, 1.54) is 4.68 Å². The summed E-state index contributed by atoms with van der Waals surface area (Å²) in [5.74, 6) is -1.46. The number of aromatic amines is 1. The second-order valence-electron chi connectivity index (χ2n) is 3.21. The average Bonchev–Trinajstić information content (AvgIpc) is 2.32. The molecule has 78 valence electrons. The summed E-state index contributed by atoms with van der Waals surface area (Å²) >= 11 is 3.22. The molecule has 1 atom stereocenters. The van der Waals surface area contributed by atoms with E-state index < -0.39 is 11.9 Å². The first-order valence-corrected chi connectivity index (χ1v) is 4.89. The van der Waals surface area contributed by atoms with Crippen molar-refractivity contribution in [2.24, 2.45) is 13.0 Å².